The predicted molar refractivity (Wildman–Crippen MR) is 115 cm³/mol. The molecule has 0 aliphatic heterocycles. The summed E-state index contributed by atoms with van der Waals surface area (Å²) in [6, 6.07) is 10.9. The Balaban J connectivity index is 1.82. The molecule has 0 saturated heterocycles. The molecular formula is C21H18Cl2F3N3OS. The van der Waals surface area contributed by atoms with Crippen LogP contribution in [-0.4, -0.2) is 29.4 Å². The van der Waals surface area contributed by atoms with Crippen molar-refractivity contribution in [3.05, 3.63) is 64.1 Å². The van der Waals surface area contributed by atoms with E-state index in [9.17, 15) is 23.2 Å². The van der Waals surface area contributed by atoms with Crippen LogP contribution in [0.3, 0.4) is 0 Å². The van der Waals surface area contributed by atoms with E-state index in [1.165, 1.54) is 24.3 Å². The monoisotopic (exact) mass is 487 g/mol. The van der Waals surface area contributed by atoms with Crippen LogP contribution in [0.5, 0.6) is 0 Å². The lowest BCUT2D eigenvalue weighted by molar-refractivity contribution is -0.160. The molecular weight excluding hydrogens is 470 g/mol. The maximum absolute atomic E-state index is 13.8. The summed E-state index contributed by atoms with van der Waals surface area (Å²) in [5, 5.41) is 14.9. The zero-order valence-electron chi connectivity index (χ0n) is 16.0. The third-order valence-electron chi connectivity index (χ3n) is 4.78. The first kappa shape index (κ1) is 23.7. The Bertz CT molecular complexity index is 978. The van der Waals surface area contributed by atoms with Crippen molar-refractivity contribution in [1.82, 2.24) is 10.6 Å². The van der Waals surface area contributed by atoms with Gasteiger partial charge in [-0.2, -0.15) is 18.4 Å². The van der Waals surface area contributed by atoms with Crippen LogP contribution in [0.1, 0.15) is 24.4 Å². The van der Waals surface area contributed by atoms with Crippen LogP contribution in [0.25, 0.3) is 0 Å². The van der Waals surface area contributed by atoms with Crippen molar-refractivity contribution in [1.29, 1.82) is 5.26 Å². The molecule has 31 heavy (non-hydrogen) atoms. The maximum Gasteiger partial charge on any atom is 0.407 e. The molecule has 0 spiro atoms. The summed E-state index contributed by atoms with van der Waals surface area (Å²) >= 11 is 13.1. The number of rotatable bonds is 8. The average molecular weight is 488 g/mol. The van der Waals surface area contributed by atoms with Crippen LogP contribution in [0, 0.1) is 11.3 Å². The third-order valence-corrected chi connectivity index (χ3v) is 6.61. The van der Waals surface area contributed by atoms with Crippen molar-refractivity contribution in [3.8, 4) is 6.07 Å². The van der Waals surface area contributed by atoms with E-state index in [4.69, 9.17) is 23.2 Å². The number of alkyl halides is 3. The van der Waals surface area contributed by atoms with E-state index in [-0.39, 0.29) is 11.3 Å². The quantitative estimate of drug-likeness (QED) is 0.481. The van der Waals surface area contributed by atoms with Gasteiger partial charge >= 0.3 is 6.18 Å². The van der Waals surface area contributed by atoms with Crippen LogP contribution in [0.2, 0.25) is 10.0 Å². The minimum atomic E-state index is -4.62. The molecule has 10 heteroatoms. The minimum Gasteiger partial charge on any atom is -0.336 e. The Hall–Kier alpha value is -1.92. The lowest BCUT2D eigenvalue weighted by Gasteiger charge is -2.28. The van der Waals surface area contributed by atoms with E-state index in [1.807, 2.05) is 6.07 Å². The topological polar surface area (TPSA) is 64.9 Å². The van der Waals surface area contributed by atoms with Gasteiger partial charge < -0.3 is 5.32 Å². The molecule has 1 aliphatic carbocycles. The summed E-state index contributed by atoms with van der Waals surface area (Å²) < 4.78 is 41.5. The minimum absolute atomic E-state index is 0.00578. The molecule has 2 atom stereocenters. The summed E-state index contributed by atoms with van der Waals surface area (Å²) in [6.07, 6.45) is -3.67. The van der Waals surface area contributed by atoms with E-state index in [0.29, 0.717) is 27.8 Å². The molecule has 164 valence electrons. The molecule has 2 N–H and O–H groups in total. The maximum atomic E-state index is 13.8. The molecule has 2 unspecified atom stereocenters. The number of nitrogens with one attached hydrogen (secondary N) is 2. The number of nitrogens with zero attached hydrogens (tertiary/aromatic N) is 1. The van der Waals surface area contributed by atoms with E-state index in [2.05, 4.69) is 10.6 Å². The van der Waals surface area contributed by atoms with Crippen molar-refractivity contribution < 1.29 is 18.0 Å². The van der Waals surface area contributed by atoms with E-state index in [1.54, 1.807) is 24.3 Å². The van der Waals surface area contributed by atoms with Crippen LogP contribution < -0.4 is 10.6 Å². The van der Waals surface area contributed by atoms with Gasteiger partial charge in [-0.3, -0.25) is 10.1 Å². The summed E-state index contributed by atoms with van der Waals surface area (Å²) in [7, 11) is 0. The summed E-state index contributed by atoms with van der Waals surface area (Å²) in [5.74, 6) is -0.665. The van der Waals surface area contributed by atoms with Crippen molar-refractivity contribution >= 4 is 40.9 Å². The zero-order valence-corrected chi connectivity index (χ0v) is 18.4. The van der Waals surface area contributed by atoms with Crippen LogP contribution in [0.15, 0.2) is 53.4 Å². The van der Waals surface area contributed by atoms with Crippen molar-refractivity contribution in [2.45, 2.75) is 41.5 Å². The van der Waals surface area contributed by atoms with E-state index in [0.717, 1.165) is 11.8 Å². The molecule has 2 aromatic rings. The fourth-order valence-electron chi connectivity index (χ4n) is 2.88. The highest BCUT2D eigenvalue weighted by molar-refractivity contribution is 7.99. The highest BCUT2D eigenvalue weighted by atomic mass is 35.5. The average Bonchev–Trinajstić information content (AvgIpc) is 3.50. The molecule has 3 rings (SSSR count). The second-order valence-electron chi connectivity index (χ2n) is 7.17. The van der Waals surface area contributed by atoms with Gasteiger partial charge in [0.05, 0.1) is 22.2 Å². The van der Waals surface area contributed by atoms with Gasteiger partial charge in [-0.15, -0.1) is 11.8 Å². The molecule has 4 nitrogen and oxygen atoms in total. The van der Waals surface area contributed by atoms with E-state index < -0.39 is 29.7 Å². The van der Waals surface area contributed by atoms with Crippen molar-refractivity contribution in [2.24, 2.45) is 0 Å². The Morgan fingerprint density at radius 3 is 2.39 bits per heavy atom. The molecule has 0 bridgehead atoms. The van der Waals surface area contributed by atoms with Gasteiger partial charge in [0, 0.05) is 10.6 Å². The lowest BCUT2D eigenvalue weighted by atomic mass is 10.1. The first-order valence-corrected chi connectivity index (χ1v) is 11.1. The number of thioether (sulfide) groups is 1. The Labute approximate surface area is 192 Å². The van der Waals surface area contributed by atoms with Gasteiger partial charge in [0.25, 0.3) is 0 Å². The molecule has 2 aromatic carbocycles. The van der Waals surface area contributed by atoms with Crippen molar-refractivity contribution in [3.63, 3.8) is 0 Å². The molecule has 0 heterocycles. The number of benzene rings is 2. The largest absolute Gasteiger partial charge is 0.407 e. The lowest BCUT2D eigenvalue weighted by Crippen LogP contribution is -2.52. The van der Waals surface area contributed by atoms with Gasteiger partial charge in [0.2, 0.25) is 5.91 Å². The Kier molecular flexibility index (Phi) is 7.43. The van der Waals surface area contributed by atoms with Crippen molar-refractivity contribution in [2.75, 3.05) is 5.75 Å². The number of carbonyl (C=O) groups excluding carboxylic acids is 1. The first-order chi connectivity index (χ1) is 14.6. The van der Waals surface area contributed by atoms with Gasteiger partial charge in [-0.25, -0.2) is 0 Å². The molecule has 0 radical (unpaired) electrons. The van der Waals surface area contributed by atoms with Gasteiger partial charge in [-0.1, -0.05) is 53.5 Å². The number of hydrogen-bond donors (Lipinski definition) is 2. The summed E-state index contributed by atoms with van der Waals surface area (Å²) in [4.78, 5) is 13.5. The number of halogens is 5. The Morgan fingerprint density at radius 1 is 1.16 bits per heavy atom. The second kappa shape index (κ2) is 9.70. The van der Waals surface area contributed by atoms with Crippen LogP contribution >= 0.6 is 35.0 Å². The number of amides is 1. The number of hydrogen-bond acceptors (Lipinski definition) is 4. The summed E-state index contributed by atoms with van der Waals surface area (Å²) in [5.41, 5.74) is -1.00. The standard InChI is InChI=1S/C21H18Cl2F3N3OS/c22-15-7-6-14(10-16(15)23)31-11-17(19(30)29-20(12-27)8-9-20)28-18(21(24,25)26)13-4-2-1-3-5-13/h1-7,10,17-18,28H,8-9,11H2,(H,29,30). The smallest absolute Gasteiger partial charge is 0.336 e. The molecule has 1 aliphatic rings. The molecule has 1 amide bonds. The van der Waals surface area contributed by atoms with Gasteiger partial charge in [-0.05, 0) is 36.6 Å². The highest BCUT2D eigenvalue weighted by Crippen LogP contribution is 2.36. The highest BCUT2D eigenvalue weighted by Gasteiger charge is 2.47. The van der Waals surface area contributed by atoms with Crippen LogP contribution in [0.4, 0.5) is 13.2 Å². The number of nitriles is 1. The SMILES string of the molecule is N#CC1(NC(=O)C(CSc2ccc(Cl)c(Cl)c2)NC(c2ccccc2)C(F)(F)F)CC1. The molecule has 1 saturated carbocycles. The fraction of sp³-hybridized carbons (Fsp3) is 0.333. The third kappa shape index (κ3) is 6.30. The normalized spacial score (nSPS) is 16.8. The van der Waals surface area contributed by atoms with Gasteiger partial charge in [0.15, 0.2) is 0 Å². The second-order valence-corrected chi connectivity index (χ2v) is 9.08. The number of carbonyl (C=O) groups is 1. The van der Waals surface area contributed by atoms with E-state index >= 15 is 0 Å². The molecule has 1 fully saturated rings. The predicted octanol–water partition coefficient (Wildman–Crippen LogP) is 5.52. The summed E-state index contributed by atoms with van der Waals surface area (Å²) in [6.45, 7) is 0. The molecule has 0 aromatic heterocycles. The zero-order chi connectivity index (χ0) is 22.6. The van der Waals surface area contributed by atoms with Crippen LogP contribution in [-0.2, 0) is 4.79 Å². The van der Waals surface area contributed by atoms with Gasteiger partial charge in [0.1, 0.15) is 11.6 Å². The fourth-order valence-corrected chi connectivity index (χ4v) is 4.22. The Morgan fingerprint density at radius 2 is 1.84 bits per heavy atom. The first-order valence-electron chi connectivity index (χ1n) is 9.32.